The summed E-state index contributed by atoms with van der Waals surface area (Å²) in [5, 5.41) is 3.33. The smallest absolute Gasteiger partial charge is 0.234 e. The van der Waals surface area contributed by atoms with Gasteiger partial charge in [-0.3, -0.25) is 9.69 Å². The first-order chi connectivity index (χ1) is 20.1. The molecule has 1 heterocycles. The first kappa shape index (κ1) is 27.5. The minimum Gasteiger partial charge on any atom is -0.493 e. The van der Waals surface area contributed by atoms with Gasteiger partial charge in [-0.2, -0.15) is 0 Å². The van der Waals surface area contributed by atoms with E-state index in [2.05, 4.69) is 52.7 Å². The minimum absolute atomic E-state index is 0.00681. The Morgan fingerprint density at radius 2 is 1.61 bits per heavy atom. The van der Waals surface area contributed by atoms with Gasteiger partial charge in [0.15, 0.2) is 23.0 Å². The highest BCUT2D eigenvalue weighted by Crippen LogP contribution is 2.41. The Kier molecular flexibility index (Phi) is 8.06. The molecular weight excluding hydrogens is 516 g/mol. The van der Waals surface area contributed by atoms with Gasteiger partial charge in [0, 0.05) is 12.6 Å². The largest absolute Gasteiger partial charge is 0.493 e. The van der Waals surface area contributed by atoms with E-state index in [1.165, 1.54) is 35.1 Å². The van der Waals surface area contributed by atoms with Gasteiger partial charge in [-0.1, -0.05) is 30.3 Å². The van der Waals surface area contributed by atoms with Crippen molar-refractivity contribution in [2.75, 3.05) is 41.0 Å². The zero-order valence-corrected chi connectivity index (χ0v) is 24.3. The van der Waals surface area contributed by atoms with E-state index in [4.69, 9.17) is 18.9 Å². The molecule has 3 aromatic rings. The standard InChI is InChI=1S/C34H40N2O5/c1-38-30-13-10-23(17-31(30)39-2)16-29-27-19-33(41-21-22-8-9-22)32(40-3)18-25(27)14-15-36(29)20-34(37)35-28-12-11-24-6-4-5-7-26(24)28/h4-7,10,13,17-19,22,28-29H,8-9,11-12,14-16,20-21H2,1-3H3,(H,35,37). The molecule has 7 nitrogen and oxygen atoms in total. The van der Waals surface area contributed by atoms with Gasteiger partial charge in [0.1, 0.15) is 0 Å². The molecule has 2 unspecified atom stereocenters. The second-order valence-corrected chi connectivity index (χ2v) is 11.4. The Balaban J connectivity index is 1.28. The summed E-state index contributed by atoms with van der Waals surface area (Å²) in [5.74, 6) is 3.66. The van der Waals surface area contributed by atoms with Crippen molar-refractivity contribution in [3.8, 4) is 23.0 Å². The molecule has 3 aromatic carbocycles. The highest BCUT2D eigenvalue weighted by atomic mass is 16.5. The fourth-order valence-electron chi connectivity index (χ4n) is 6.32. The summed E-state index contributed by atoms with van der Waals surface area (Å²) in [7, 11) is 5.01. The quantitative estimate of drug-likeness (QED) is 0.339. The molecule has 3 aliphatic rings. The summed E-state index contributed by atoms with van der Waals surface area (Å²) >= 11 is 0. The normalized spacial score (nSPS) is 19.7. The average Bonchev–Trinajstić information content (AvgIpc) is 3.75. The van der Waals surface area contributed by atoms with E-state index < -0.39 is 0 Å². The van der Waals surface area contributed by atoms with Gasteiger partial charge < -0.3 is 24.3 Å². The van der Waals surface area contributed by atoms with E-state index in [1.807, 2.05) is 12.1 Å². The number of carbonyl (C=O) groups excluding carboxylic acids is 1. The zero-order valence-electron chi connectivity index (χ0n) is 24.3. The number of fused-ring (bicyclic) bond motifs is 2. The number of aryl methyl sites for hydroxylation is 1. The molecule has 1 aliphatic heterocycles. The Morgan fingerprint density at radius 3 is 2.39 bits per heavy atom. The SMILES string of the molecule is COc1ccc(CC2c3cc(OCC4CC4)c(OC)cc3CCN2CC(=O)NC2CCc3ccccc32)cc1OC. The summed E-state index contributed by atoms with van der Waals surface area (Å²) in [6.07, 6.45) is 5.97. The van der Waals surface area contributed by atoms with Crippen LogP contribution in [0.1, 0.15) is 59.2 Å². The second-order valence-electron chi connectivity index (χ2n) is 11.4. The van der Waals surface area contributed by atoms with E-state index in [9.17, 15) is 4.79 Å². The predicted octanol–water partition coefficient (Wildman–Crippen LogP) is 5.45. The molecule has 216 valence electrons. The molecule has 0 aromatic heterocycles. The lowest BCUT2D eigenvalue weighted by Crippen LogP contribution is -2.44. The van der Waals surface area contributed by atoms with Crippen LogP contribution in [0.5, 0.6) is 23.0 Å². The van der Waals surface area contributed by atoms with Gasteiger partial charge in [-0.25, -0.2) is 0 Å². The first-order valence-electron chi connectivity index (χ1n) is 14.7. The van der Waals surface area contributed by atoms with Crippen molar-refractivity contribution in [1.82, 2.24) is 10.2 Å². The average molecular weight is 557 g/mol. The maximum Gasteiger partial charge on any atom is 0.234 e. The maximum atomic E-state index is 13.5. The lowest BCUT2D eigenvalue weighted by atomic mass is 9.88. The van der Waals surface area contributed by atoms with Crippen LogP contribution in [0.4, 0.5) is 0 Å². The number of hydrogen-bond acceptors (Lipinski definition) is 6. The van der Waals surface area contributed by atoms with Crippen LogP contribution in [-0.2, 0) is 24.1 Å². The Morgan fingerprint density at radius 1 is 0.829 bits per heavy atom. The van der Waals surface area contributed by atoms with Crippen molar-refractivity contribution in [3.05, 3.63) is 82.4 Å². The molecule has 0 radical (unpaired) electrons. The van der Waals surface area contributed by atoms with Gasteiger partial charge in [-0.15, -0.1) is 0 Å². The molecule has 1 N–H and O–H groups in total. The number of ether oxygens (including phenoxy) is 4. The van der Waals surface area contributed by atoms with Crippen molar-refractivity contribution in [2.24, 2.45) is 5.92 Å². The van der Waals surface area contributed by atoms with Gasteiger partial charge in [0.25, 0.3) is 0 Å². The molecule has 0 bridgehead atoms. The van der Waals surface area contributed by atoms with Crippen LogP contribution in [-0.4, -0.2) is 51.8 Å². The lowest BCUT2D eigenvalue weighted by molar-refractivity contribution is -0.123. The molecule has 2 aliphatic carbocycles. The van der Waals surface area contributed by atoms with Crippen LogP contribution in [0.3, 0.4) is 0 Å². The van der Waals surface area contributed by atoms with Crippen LogP contribution in [0.15, 0.2) is 54.6 Å². The molecular formula is C34H40N2O5. The molecule has 41 heavy (non-hydrogen) atoms. The summed E-state index contributed by atoms with van der Waals surface area (Å²) in [6.45, 7) is 1.83. The molecule has 7 heteroatoms. The molecule has 6 rings (SSSR count). The third kappa shape index (κ3) is 6.01. The molecule has 0 spiro atoms. The number of benzene rings is 3. The fourth-order valence-corrected chi connectivity index (χ4v) is 6.32. The van der Waals surface area contributed by atoms with Gasteiger partial charge >= 0.3 is 0 Å². The summed E-state index contributed by atoms with van der Waals surface area (Å²) in [4.78, 5) is 15.8. The third-order valence-corrected chi connectivity index (χ3v) is 8.76. The number of carbonyl (C=O) groups is 1. The fraction of sp³-hybridized carbons (Fsp3) is 0.441. The molecule has 1 saturated carbocycles. The number of rotatable bonds is 11. The van der Waals surface area contributed by atoms with Crippen molar-refractivity contribution in [3.63, 3.8) is 0 Å². The van der Waals surface area contributed by atoms with Crippen LogP contribution >= 0.6 is 0 Å². The predicted molar refractivity (Wildman–Crippen MR) is 158 cm³/mol. The highest BCUT2D eigenvalue weighted by Gasteiger charge is 2.32. The van der Waals surface area contributed by atoms with E-state index in [0.717, 1.165) is 49.3 Å². The van der Waals surface area contributed by atoms with Gasteiger partial charge in [0.2, 0.25) is 5.91 Å². The Hall–Kier alpha value is -3.71. The van der Waals surface area contributed by atoms with Crippen LogP contribution < -0.4 is 24.3 Å². The monoisotopic (exact) mass is 556 g/mol. The van der Waals surface area contributed by atoms with Crippen molar-refractivity contribution in [1.29, 1.82) is 0 Å². The van der Waals surface area contributed by atoms with Crippen molar-refractivity contribution < 1.29 is 23.7 Å². The van der Waals surface area contributed by atoms with Crippen molar-refractivity contribution >= 4 is 5.91 Å². The van der Waals surface area contributed by atoms with Crippen LogP contribution in [0.25, 0.3) is 0 Å². The van der Waals surface area contributed by atoms with E-state index in [0.29, 0.717) is 30.6 Å². The topological polar surface area (TPSA) is 69.3 Å². The third-order valence-electron chi connectivity index (χ3n) is 8.76. The molecule has 1 amide bonds. The van der Waals surface area contributed by atoms with E-state index in [-0.39, 0.29) is 18.0 Å². The highest BCUT2D eigenvalue weighted by molar-refractivity contribution is 5.79. The molecule has 2 atom stereocenters. The summed E-state index contributed by atoms with van der Waals surface area (Å²) < 4.78 is 23.1. The number of methoxy groups -OCH3 is 3. The van der Waals surface area contributed by atoms with Gasteiger partial charge in [0.05, 0.1) is 40.5 Å². The minimum atomic E-state index is -0.00681. The number of nitrogens with zero attached hydrogens (tertiary/aromatic N) is 1. The Labute approximate surface area is 242 Å². The Bertz CT molecular complexity index is 1400. The van der Waals surface area contributed by atoms with E-state index >= 15 is 0 Å². The zero-order chi connectivity index (χ0) is 28.3. The van der Waals surface area contributed by atoms with Gasteiger partial charge in [-0.05, 0) is 96.5 Å². The van der Waals surface area contributed by atoms with E-state index in [1.54, 1.807) is 21.3 Å². The first-order valence-corrected chi connectivity index (χ1v) is 14.7. The molecule has 0 saturated heterocycles. The lowest BCUT2D eigenvalue weighted by Gasteiger charge is -2.38. The second kappa shape index (κ2) is 12.0. The summed E-state index contributed by atoms with van der Waals surface area (Å²) in [6, 6.07) is 18.9. The summed E-state index contributed by atoms with van der Waals surface area (Å²) in [5.41, 5.74) is 6.14. The number of amides is 1. The van der Waals surface area contributed by atoms with Crippen LogP contribution in [0.2, 0.25) is 0 Å². The molecule has 1 fully saturated rings. The number of nitrogens with one attached hydrogen (secondary N) is 1. The van der Waals surface area contributed by atoms with Crippen molar-refractivity contribution in [2.45, 2.75) is 50.6 Å². The maximum absolute atomic E-state index is 13.5. The van der Waals surface area contributed by atoms with Crippen LogP contribution in [0, 0.1) is 5.92 Å². The number of hydrogen-bond donors (Lipinski definition) is 1.